The van der Waals surface area contributed by atoms with Crippen molar-refractivity contribution in [3.05, 3.63) is 24.3 Å². The number of hydrogen-bond acceptors (Lipinski definition) is 3. The van der Waals surface area contributed by atoms with E-state index in [-0.39, 0.29) is 18.3 Å². The van der Waals surface area contributed by atoms with E-state index in [2.05, 4.69) is 30.3 Å². The number of amides is 1. The lowest BCUT2D eigenvalue weighted by Crippen LogP contribution is -2.36. The van der Waals surface area contributed by atoms with Crippen molar-refractivity contribution in [3.8, 4) is 0 Å². The van der Waals surface area contributed by atoms with Crippen molar-refractivity contribution < 1.29 is 4.79 Å². The highest BCUT2D eigenvalue weighted by Gasteiger charge is 2.25. The lowest BCUT2D eigenvalue weighted by atomic mass is 10.1. The van der Waals surface area contributed by atoms with E-state index in [0.29, 0.717) is 12.3 Å². The fourth-order valence-corrected chi connectivity index (χ4v) is 2.65. The molecule has 0 radical (unpaired) electrons. The molecule has 20 heavy (non-hydrogen) atoms. The van der Waals surface area contributed by atoms with Crippen LogP contribution in [-0.2, 0) is 4.79 Å². The Morgan fingerprint density at radius 1 is 1.30 bits per heavy atom. The van der Waals surface area contributed by atoms with Crippen LogP contribution in [0.5, 0.6) is 0 Å². The number of rotatable bonds is 3. The second kappa shape index (κ2) is 7.50. The Balaban J connectivity index is 0.00000200. The van der Waals surface area contributed by atoms with Crippen LogP contribution in [0.1, 0.15) is 13.3 Å². The van der Waals surface area contributed by atoms with E-state index < -0.39 is 0 Å². The number of benzene rings is 1. The summed E-state index contributed by atoms with van der Waals surface area (Å²) in [6.45, 7) is 4.69. The second-order valence-electron chi connectivity index (χ2n) is 5.33. The maximum Gasteiger partial charge on any atom is 0.228 e. The molecule has 1 aliphatic heterocycles. The van der Waals surface area contributed by atoms with Gasteiger partial charge in [-0.2, -0.15) is 0 Å². The van der Waals surface area contributed by atoms with Crippen LogP contribution >= 0.6 is 12.4 Å². The van der Waals surface area contributed by atoms with Crippen LogP contribution in [0.4, 0.5) is 11.4 Å². The SMILES string of the molecule is CNCCC(=O)N1CC(C)CN(C)c2ccccc21.Cl. The highest BCUT2D eigenvalue weighted by Crippen LogP contribution is 2.32. The summed E-state index contributed by atoms with van der Waals surface area (Å²) in [5, 5.41) is 3.04. The molecule has 0 saturated carbocycles. The van der Waals surface area contributed by atoms with Gasteiger partial charge in [-0.3, -0.25) is 4.79 Å². The van der Waals surface area contributed by atoms with Crippen molar-refractivity contribution >= 4 is 29.7 Å². The largest absolute Gasteiger partial charge is 0.373 e. The lowest BCUT2D eigenvalue weighted by Gasteiger charge is -2.24. The molecule has 2 rings (SSSR count). The minimum atomic E-state index is 0. The van der Waals surface area contributed by atoms with Crippen molar-refractivity contribution in [1.29, 1.82) is 0 Å². The predicted molar refractivity (Wildman–Crippen MR) is 87.0 cm³/mol. The van der Waals surface area contributed by atoms with Gasteiger partial charge in [0.05, 0.1) is 11.4 Å². The zero-order chi connectivity index (χ0) is 13.8. The van der Waals surface area contributed by atoms with Crippen LogP contribution in [0.15, 0.2) is 24.3 Å². The topological polar surface area (TPSA) is 35.6 Å². The summed E-state index contributed by atoms with van der Waals surface area (Å²) in [5.41, 5.74) is 2.18. The van der Waals surface area contributed by atoms with Crippen molar-refractivity contribution in [2.45, 2.75) is 13.3 Å². The van der Waals surface area contributed by atoms with E-state index in [0.717, 1.165) is 31.0 Å². The van der Waals surface area contributed by atoms with Gasteiger partial charge in [0.1, 0.15) is 0 Å². The smallest absolute Gasteiger partial charge is 0.228 e. The van der Waals surface area contributed by atoms with Crippen molar-refractivity contribution in [2.24, 2.45) is 5.92 Å². The molecule has 1 heterocycles. The molecule has 0 fully saturated rings. The number of nitrogens with zero attached hydrogens (tertiary/aromatic N) is 2. The Bertz CT molecular complexity index is 452. The van der Waals surface area contributed by atoms with E-state index >= 15 is 0 Å². The Morgan fingerprint density at radius 2 is 1.95 bits per heavy atom. The third-order valence-corrected chi connectivity index (χ3v) is 3.55. The van der Waals surface area contributed by atoms with Gasteiger partial charge in [0.2, 0.25) is 5.91 Å². The minimum absolute atomic E-state index is 0. The number of hydrogen-bond donors (Lipinski definition) is 1. The number of carbonyl (C=O) groups is 1. The molecule has 1 N–H and O–H groups in total. The zero-order valence-electron chi connectivity index (χ0n) is 12.4. The highest BCUT2D eigenvalue weighted by molar-refractivity contribution is 5.97. The number of carbonyl (C=O) groups excluding carboxylic acids is 1. The molecule has 0 spiro atoms. The molecular formula is C15H24ClN3O. The molecule has 5 heteroatoms. The first-order valence-corrected chi connectivity index (χ1v) is 6.88. The first kappa shape index (κ1) is 16.8. The van der Waals surface area contributed by atoms with Crippen LogP contribution in [0, 0.1) is 5.92 Å². The van der Waals surface area contributed by atoms with E-state index in [9.17, 15) is 4.79 Å². The third-order valence-electron chi connectivity index (χ3n) is 3.55. The lowest BCUT2D eigenvalue weighted by molar-refractivity contribution is -0.118. The molecule has 1 aromatic carbocycles. The van der Waals surface area contributed by atoms with Crippen molar-refractivity contribution in [3.63, 3.8) is 0 Å². The predicted octanol–water partition coefficient (Wildman–Crippen LogP) is 2.14. The molecule has 0 bridgehead atoms. The quantitative estimate of drug-likeness (QED) is 0.928. The average Bonchev–Trinajstić information content (AvgIpc) is 2.53. The highest BCUT2D eigenvalue weighted by atomic mass is 35.5. The summed E-state index contributed by atoms with van der Waals surface area (Å²) in [4.78, 5) is 16.6. The number of halogens is 1. The fourth-order valence-electron chi connectivity index (χ4n) is 2.65. The summed E-state index contributed by atoms with van der Waals surface area (Å²) >= 11 is 0. The summed E-state index contributed by atoms with van der Waals surface area (Å²) in [6, 6.07) is 8.16. The molecule has 4 nitrogen and oxygen atoms in total. The van der Waals surface area contributed by atoms with Crippen LogP contribution in [-0.4, -0.2) is 39.6 Å². The molecule has 1 aliphatic rings. The number of para-hydroxylation sites is 2. The van der Waals surface area contributed by atoms with Gasteiger partial charge in [-0.05, 0) is 25.1 Å². The van der Waals surface area contributed by atoms with Gasteiger partial charge in [0.15, 0.2) is 0 Å². The molecular weight excluding hydrogens is 274 g/mol. The van der Waals surface area contributed by atoms with Gasteiger partial charge in [0.25, 0.3) is 0 Å². The van der Waals surface area contributed by atoms with E-state index in [1.165, 1.54) is 0 Å². The monoisotopic (exact) mass is 297 g/mol. The molecule has 1 amide bonds. The maximum atomic E-state index is 12.4. The fraction of sp³-hybridized carbons (Fsp3) is 0.533. The van der Waals surface area contributed by atoms with Crippen LogP contribution in [0.25, 0.3) is 0 Å². The molecule has 0 aliphatic carbocycles. The maximum absolute atomic E-state index is 12.4. The zero-order valence-corrected chi connectivity index (χ0v) is 13.2. The molecule has 1 atom stereocenters. The summed E-state index contributed by atoms with van der Waals surface area (Å²) in [6.07, 6.45) is 0.543. The number of anilines is 2. The van der Waals surface area contributed by atoms with Gasteiger partial charge in [-0.15, -0.1) is 12.4 Å². The third kappa shape index (κ3) is 3.64. The van der Waals surface area contributed by atoms with Gasteiger partial charge in [-0.1, -0.05) is 19.1 Å². The first-order chi connectivity index (χ1) is 9.13. The molecule has 0 aromatic heterocycles. The van der Waals surface area contributed by atoms with E-state index in [1.54, 1.807) is 0 Å². The summed E-state index contributed by atoms with van der Waals surface area (Å²) in [7, 11) is 3.97. The van der Waals surface area contributed by atoms with Gasteiger partial charge in [0, 0.05) is 33.1 Å². The summed E-state index contributed by atoms with van der Waals surface area (Å²) < 4.78 is 0. The van der Waals surface area contributed by atoms with Gasteiger partial charge >= 0.3 is 0 Å². The van der Waals surface area contributed by atoms with Crippen LogP contribution in [0.2, 0.25) is 0 Å². The molecule has 1 unspecified atom stereocenters. The van der Waals surface area contributed by atoms with Crippen LogP contribution < -0.4 is 15.1 Å². The van der Waals surface area contributed by atoms with Gasteiger partial charge in [-0.25, -0.2) is 0 Å². The first-order valence-electron chi connectivity index (χ1n) is 6.88. The number of fused-ring (bicyclic) bond motifs is 1. The van der Waals surface area contributed by atoms with Crippen molar-refractivity contribution in [1.82, 2.24) is 5.32 Å². The Labute approximate surface area is 127 Å². The molecule has 0 saturated heterocycles. The standard InChI is InChI=1S/C15H23N3O.ClH/c1-12-10-17(3)13-6-4-5-7-14(13)18(11-12)15(19)8-9-16-2;/h4-7,12,16H,8-11H2,1-3H3;1H. The van der Waals surface area contributed by atoms with Crippen LogP contribution in [0.3, 0.4) is 0 Å². The average molecular weight is 298 g/mol. The van der Waals surface area contributed by atoms with Crippen molar-refractivity contribution in [2.75, 3.05) is 43.5 Å². The van der Waals surface area contributed by atoms with E-state index in [1.807, 2.05) is 30.1 Å². The Kier molecular flexibility index (Phi) is 6.30. The Hall–Kier alpha value is -1.26. The summed E-state index contributed by atoms with van der Waals surface area (Å²) in [5.74, 6) is 0.667. The Morgan fingerprint density at radius 3 is 2.60 bits per heavy atom. The van der Waals surface area contributed by atoms with E-state index in [4.69, 9.17) is 0 Å². The normalized spacial score (nSPS) is 18.1. The molecule has 1 aromatic rings. The van der Waals surface area contributed by atoms with Gasteiger partial charge < -0.3 is 15.1 Å². The minimum Gasteiger partial charge on any atom is -0.373 e. The number of nitrogens with one attached hydrogen (secondary N) is 1. The molecule has 112 valence electrons. The second-order valence-corrected chi connectivity index (χ2v) is 5.33.